The Kier molecular flexibility index (Phi) is 3.63. The Morgan fingerprint density at radius 2 is 1.69 bits per heavy atom. The lowest BCUT2D eigenvalue weighted by molar-refractivity contribution is 1.14. The van der Waals surface area contributed by atoms with Gasteiger partial charge in [0.05, 0.1) is 0 Å². The fourth-order valence-corrected chi connectivity index (χ4v) is 2.01. The first-order chi connectivity index (χ1) is 7.63. The van der Waals surface area contributed by atoms with Crippen molar-refractivity contribution in [1.29, 1.82) is 0 Å². The van der Waals surface area contributed by atoms with E-state index in [1.165, 1.54) is 6.33 Å². The first-order valence-corrected chi connectivity index (χ1v) is 5.89. The molecule has 0 aliphatic carbocycles. The minimum atomic E-state index is 0.572. The first kappa shape index (κ1) is 11.6. The Hall–Kier alpha value is -0.840. The van der Waals surface area contributed by atoms with E-state index in [1.54, 1.807) is 24.3 Å². The molecular weight excluding hydrogens is 313 g/mol. The van der Waals surface area contributed by atoms with Gasteiger partial charge in [0.2, 0.25) is 0 Å². The van der Waals surface area contributed by atoms with E-state index in [-0.39, 0.29) is 0 Å². The van der Waals surface area contributed by atoms with Crippen molar-refractivity contribution in [2.24, 2.45) is 0 Å². The van der Waals surface area contributed by atoms with Crippen molar-refractivity contribution >= 4 is 50.6 Å². The van der Waals surface area contributed by atoms with Crippen LogP contribution in [0.15, 0.2) is 35.2 Å². The number of benzene rings is 1. The molecule has 0 unspecified atom stereocenters. The predicted molar refractivity (Wildman–Crippen MR) is 69.5 cm³/mol. The molecule has 1 aromatic heterocycles. The smallest absolute Gasteiger partial charge is 0.134 e. The minimum Gasteiger partial charge on any atom is -0.340 e. The molecule has 1 N–H and O–H groups in total. The van der Waals surface area contributed by atoms with E-state index in [1.807, 2.05) is 0 Å². The Labute approximate surface area is 111 Å². The van der Waals surface area contributed by atoms with Gasteiger partial charge in [0, 0.05) is 21.8 Å². The quantitative estimate of drug-likeness (QED) is 0.839. The number of rotatable bonds is 2. The van der Waals surface area contributed by atoms with E-state index in [0.29, 0.717) is 20.5 Å². The highest BCUT2D eigenvalue weighted by atomic mass is 79.9. The fraction of sp³-hybridized carbons (Fsp3) is 0. The second-order valence-electron chi connectivity index (χ2n) is 3.01. The van der Waals surface area contributed by atoms with E-state index < -0.39 is 0 Å². The van der Waals surface area contributed by atoms with Gasteiger partial charge in [0.1, 0.15) is 16.7 Å². The van der Waals surface area contributed by atoms with Gasteiger partial charge in [-0.25, -0.2) is 9.97 Å². The Morgan fingerprint density at radius 3 is 2.31 bits per heavy atom. The maximum Gasteiger partial charge on any atom is 0.134 e. The van der Waals surface area contributed by atoms with Crippen molar-refractivity contribution in [2.75, 3.05) is 5.32 Å². The standard InChI is InChI=1S/C10H6BrCl2N3/c11-9-4-10(15-5-14-9)16-8-2-6(12)1-7(13)3-8/h1-5H,(H,14,15,16). The topological polar surface area (TPSA) is 37.8 Å². The fourth-order valence-electron chi connectivity index (χ4n) is 1.18. The van der Waals surface area contributed by atoms with Crippen molar-refractivity contribution in [2.45, 2.75) is 0 Å². The Morgan fingerprint density at radius 1 is 1.00 bits per heavy atom. The molecule has 1 heterocycles. The molecule has 2 rings (SSSR count). The molecule has 0 aliphatic heterocycles. The molecule has 0 fully saturated rings. The monoisotopic (exact) mass is 317 g/mol. The third kappa shape index (κ3) is 3.07. The molecule has 16 heavy (non-hydrogen) atoms. The summed E-state index contributed by atoms with van der Waals surface area (Å²) >= 11 is 15.0. The predicted octanol–water partition coefficient (Wildman–Crippen LogP) is 4.29. The summed E-state index contributed by atoms with van der Waals surface area (Å²) in [5.41, 5.74) is 0.781. The van der Waals surface area contributed by atoms with Gasteiger partial charge in [0.15, 0.2) is 0 Å². The largest absolute Gasteiger partial charge is 0.340 e. The van der Waals surface area contributed by atoms with E-state index in [0.717, 1.165) is 5.69 Å². The summed E-state index contributed by atoms with van der Waals surface area (Å²) in [6, 6.07) is 6.96. The summed E-state index contributed by atoms with van der Waals surface area (Å²) in [7, 11) is 0. The normalized spacial score (nSPS) is 10.2. The Balaban J connectivity index is 2.27. The van der Waals surface area contributed by atoms with Crippen LogP contribution in [0.5, 0.6) is 0 Å². The summed E-state index contributed by atoms with van der Waals surface area (Å²) in [5.74, 6) is 0.667. The lowest BCUT2D eigenvalue weighted by Gasteiger charge is -2.06. The Bertz CT molecular complexity index is 499. The summed E-state index contributed by atoms with van der Waals surface area (Å²) in [6.45, 7) is 0. The lowest BCUT2D eigenvalue weighted by atomic mass is 10.3. The van der Waals surface area contributed by atoms with E-state index in [9.17, 15) is 0 Å². The van der Waals surface area contributed by atoms with Gasteiger partial charge in [-0.15, -0.1) is 0 Å². The van der Waals surface area contributed by atoms with Crippen molar-refractivity contribution in [3.63, 3.8) is 0 Å². The first-order valence-electron chi connectivity index (χ1n) is 4.34. The molecule has 0 aliphatic rings. The highest BCUT2D eigenvalue weighted by molar-refractivity contribution is 9.10. The van der Waals surface area contributed by atoms with Gasteiger partial charge >= 0.3 is 0 Å². The zero-order chi connectivity index (χ0) is 11.5. The van der Waals surface area contributed by atoms with Crippen LogP contribution < -0.4 is 5.32 Å². The number of anilines is 2. The molecule has 0 spiro atoms. The molecule has 3 nitrogen and oxygen atoms in total. The van der Waals surface area contributed by atoms with Crippen LogP contribution in [0.3, 0.4) is 0 Å². The minimum absolute atomic E-state index is 0.572. The molecule has 6 heteroatoms. The van der Waals surface area contributed by atoms with Gasteiger partial charge in [-0.3, -0.25) is 0 Å². The molecule has 1 aromatic carbocycles. The molecule has 0 bridgehead atoms. The van der Waals surface area contributed by atoms with Crippen LogP contribution in [0.2, 0.25) is 10.0 Å². The van der Waals surface area contributed by atoms with E-state index >= 15 is 0 Å². The summed E-state index contributed by atoms with van der Waals surface area (Å²) in [6.07, 6.45) is 1.46. The summed E-state index contributed by atoms with van der Waals surface area (Å²) < 4.78 is 0.707. The SMILES string of the molecule is Clc1cc(Cl)cc(Nc2cc(Br)ncn2)c1. The number of nitrogens with zero attached hydrogens (tertiary/aromatic N) is 2. The maximum atomic E-state index is 5.88. The van der Waals surface area contributed by atoms with Crippen molar-refractivity contribution in [3.8, 4) is 0 Å². The number of nitrogens with one attached hydrogen (secondary N) is 1. The molecule has 2 aromatic rings. The number of hydrogen-bond acceptors (Lipinski definition) is 3. The molecule has 0 saturated heterocycles. The zero-order valence-electron chi connectivity index (χ0n) is 7.92. The van der Waals surface area contributed by atoms with Crippen LogP contribution in [0.4, 0.5) is 11.5 Å². The van der Waals surface area contributed by atoms with Gasteiger partial charge in [-0.1, -0.05) is 23.2 Å². The van der Waals surface area contributed by atoms with Crippen molar-refractivity contribution in [3.05, 3.63) is 45.2 Å². The van der Waals surface area contributed by atoms with Crippen molar-refractivity contribution in [1.82, 2.24) is 9.97 Å². The van der Waals surface area contributed by atoms with Crippen LogP contribution in [0.1, 0.15) is 0 Å². The molecule has 82 valence electrons. The van der Waals surface area contributed by atoms with Crippen LogP contribution >= 0.6 is 39.1 Å². The van der Waals surface area contributed by atoms with Crippen LogP contribution in [0, 0.1) is 0 Å². The van der Waals surface area contributed by atoms with E-state index in [4.69, 9.17) is 23.2 Å². The zero-order valence-corrected chi connectivity index (χ0v) is 11.0. The van der Waals surface area contributed by atoms with Gasteiger partial charge < -0.3 is 5.32 Å². The average molecular weight is 319 g/mol. The van der Waals surface area contributed by atoms with E-state index in [2.05, 4.69) is 31.2 Å². The third-order valence-electron chi connectivity index (χ3n) is 1.77. The summed E-state index contributed by atoms with van der Waals surface area (Å²) in [4.78, 5) is 7.99. The highest BCUT2D eigenvalue weighted by Gasteiger charge is 2.00. The number of halogens is 3. The third-order valence-corrected chi connectivity index (χ3v) is 2.64. The molecule has 0 saturated carbocycles. The molecule has 0 amide bonds. The van der Waals surface area contributed by atoms with Crippen molar-refractivity contribution < 1.29 is 0 Å². The maximum absolute atomic E-state index is 5.88. The second-order valence-corrected chi connectivity index (χ2v) is 4.69. The van der Waals surface area contributed by atoms with Gasteiger partial charge in [-0.2, -0.15) is 0 Å². The van der Waals surface area contributed by atoms with Gasteiger partial charge in [0.25, 0.3) is 0 Å². The molecule has 0 radical (unpaired) electrons. The number of aromatic nitrogens is 2. The molecular formula is C10H6BrCl2N3. The van der Waals surface area contributed by atoms with Crippen LogP contribution in [-0.4, -0.2) is 9.97 Å². The van der Waals surface area contributed by atoms with Gasteiger partial charge in [-0.05, 0) is 34.1 Å². The highest BCUT2D eigenvalue weighted by Crippen LogP contribution is 2.24. The molecule has 0 atom stereocenters. The lowest BCUT2D eigenvalue weighted by Crippen LogP contribution is -1.94. The van der Waals surface area contributed by atoms with Crippen LogP contribution in [0.25, 0.3) is 0 Å². The second kappa shape index (κ2) is 4.99. The van der Waals surface area contributed by atoms with Crippen LogP contribution in [-0.2, 0) is 0 Å². The average Bonchev–Trinajstić information content (AvgIpc) is 2.15. The number of hydrogen-bond donors (Lipinski definition) is 1. The summed E-state index contributed by atoms with van der Waals surface area (Å²) in [5, 5.41) is 4.22.